The highest BCUT2D eigenvalue weighted by molar-refractivity contribution is 5.82. The van der Waals surface area contributed by atoms with Crippen LogP contribution in [0, 0.1) is 0 Å². The number of carbonyl (C=O) groups is 1. The van der Waals surface area contributed by atoms with Crippen LogP contribution >= 0.6 is 0 Å². The number of cyclic esters (lactones) is 1. The predicted octanol–water partition coefficient (Wildman–Crippen LogP) is 1.80. The van der Waals surface area contributed by atoms with E-state index in [0.29, 0.717) is 5.56 Å². The number of hydrogen-bond donors (Lipinski definition) is 0. The molecule has 1 aromatic rings. The van der Waals surface area contributed by atoms with Crippen LogP contribution in [0.3, 0.4) is 0 Å². The van der Waals surface area contributed by atoms with Crippen LogP contribution in [0.25, 0.3) is 0 Å². The van der Waals surface area contributed by atoms with Gasteiger partial charge < -0.3 is 4.74 Å². The van der Waals surface area contributed by atoms with Crippen molar-refractivity contribution in [3.8, 4) is 0 Å². The molecule has 3 heteroatoms. The summed E-state index contributed by atoms with van der Waals surface area (Å²) in [5.74, 6) is -0.765. The first kappa shape index (κ1) is 8.23. The fraction of sp³-hybridized carbons (Fsp3) is 0.300. The highest BCUT2D eigenvalue weighted by Gasteiger charge is 2.46. The number of benzene rings is 1. The van der Waals surface area contributed by atoms with Crippen molar-refractivity contribution in [1.29, 1.82) is 0 Å². The maximum atomic E-state index is 14.0. The quantitative estimate of drug-likeness (QED) is 0.616. The molecule has 68 valence electrons. The van der Waals surface area contributed by atoms with Crippen molar-refractivity contribution in [2.24, 2.45) is 0 Å². The van der Waals surface area contributed by atoms with Crippen molar-refractivity contribution in [2.75, 3.05) is 6.61 Å². The largest absolute Gasteiger partial charge is 0.463 e. The molecular formula is C10H9FO2. The van der Waals surface area contributed by atoms with E-state index < -0.39 is 11.6 Å². The van der Waals surface area contributed by atoms with Gasteiger partial charge in [-0.25, -0.2) is 9.18 Å². The van der Waals surface area contributed by atoms with E-state index in [-0.39, 0.29) is 13.0 Å². The maximum absolute atomic E-state index is 14.0. The SMILES string of the molecule is O=C1OCC[C@]1(F)c1ccccc1. The Labute approximate surface area is 75.3 Å². The third-order valence-corrected chi connectivity index (χ3v) is 2.23. The van der Waals surface area contributed by atoms with Crippen LogP contribution in [0.1, 0.15) is 12.0 Å². The molecule has 0 bridgehead atoms. The minimum absolute atomic E-state index is 0.121. The third-order valence-electron chi connectivity index (χ3n) is 2.23. The number of carbonyl (C=O) groups excluding carboxylic acids is 1. The van der Waals surface area contributed by atoms with Crippen molar-refractivity contribution in [3.05, 3.63) is 35.9 Å². The lowest BCUT2D eigenvalue weighted by Gasteiger charge is -2.14. The van der Waals surface area contributed by atoms with Crippen molar-refractivity contribution in [1.82, 2.24) is 0 Å². The summed E-state index contributed by atoms with van der Waals surface area (Å²) in [4.78, 5) is 11.1. The lowest BCUT2D eigenvalue weighted by atomic mass is 9.95. The minimum atomic E-state index is -1.92. The monoisotopic (exact) mass is 180 g/mol. The Morgan fingerprint density at radius 2 is 2.00 bits per heavy atom. The molecule has 2 rings (SSSR count). The summed E-state index contributed by atoms with van der Waals surface area (Å²) in [6, 6.07) is 8.41. The molecule has 0 N–H and O–H groups in total. The van der Waals surface area contributed by atoms with Crippen LogP contribution in [0.2, 0.25) is 0 Å². The molecule has 1 saturated heterocycles. The zero-order valence-corrected chi connectivity index (χ0v) is 7.00. The predicted molar refractivity (Wildman–Crippen MR) is 44.8 cm³/mol. The molecule has 13 heavy (non-hydrogen) atoms. The number of halogens is 1. The highest BCUT2D eigenvalue weighted by Crippen LogP contribution is 2.35. The molecular weight excluding hydrogens is 171 g/mol. The average Bonchev–Trinajstić information content (AvgIpc) is 2.50. The van der Waals surface area contributed by atoms with E-state index >= 15 is 0 Å². The summed E-state index contributed by atoms with van der Waals surface area (Å²) in [5, 5.41) is 0. The molecule has 0 saturated carbocycles. The second-order valence-corrected chi connectivity index (χ2v) is 3.05. The van der Waals surface area contributed by atoms with E-state index in [1.807, 2.05) is 0 Å². The molecule has 0 unspecified atom stereocenters. The van der Waals surface area contributed by atoms with Crippen LogP contribution in [0.5, 0.6) is 0 Å². The molecule has 1 atom stereocenters. The van der Waals surface area contributed by atoms with Gasteiger partial charge in [-0.3, -0.25) is 0 Å². The Morgan fingerprint density at radius 1 is 1.31 bits per heavy atom. The summed E-state index contributed by atoms with van der Waals surface area (Å²) in [5.41, 5.74) is -1.53. The maximum Gasteiger partial charge on any atom is 0.348 e. The van der Waals surface area contributed by atoms with Gasteiger partial charge in [-0.2, -0.15) is 0 Å². The zero-order valence-electron chi connectivity index (χ0n) is 7.00. The van der Waals surface area contributed by atoms with Gasteiger partial charge in [-0.05, 0) is 0 Å². The van der Waals surface area contributed by atoms with E-state index in [2.05, 4.69) is 4.74 Å². The summed E-state index contributed by atoms with van der Waals surface area (Å²) in [6.45, 7) is 0.171. The van der Waals surface area contributed by atoms with Gasteiger partial charge in [0.1, 0.15) is 0 Å². The van der Waals surface area contributed by atoms with Crippen molar-refractivity contribution >= 4 is 5.97 Å². The fourth-order valence-corrected chi connectivity index (χ4v) is 1.47. The molecule has 0 amide bonds. The highest BCUT2D eigenvalue weighted by atomic mass is 19.1. The van der Waals surface area contributed by atoms with Crippen LogP contribution < -0.4 is 0 Å². The Bertz CT molecular complexity index is 323. The molecule has 1 heterocycles. The van der Waals surface area contributed by atoms with Crippen LogP contribution in [0.15, 0.2) is 30.3 Å². The molecule has 0 radical (unpaired) electrons. The number of rotatable bonds is 1. The van der Waals surface area contributed by atoms with Gasteiger partial charge in [0.25, 0.3) is 0 Å². The van der Waals surface area contributed by atoms with Gasteiger partial charge in [0.15, 0.2) is 0 Å². The van der Waals surface area contributed by atoms with Crippen LogP contribution in [-0.4, -0.2) is 12.6 Å². The van der Waals surface area contributed by atoms with E-state index in [9.17, 15) is 9.18 Å². The van der Waals surface area contributed by atoms with Gasteiger partial charge in [-0.15, -0.1) is 0 Å². The van der Waals surface area contributed by atoms with E-state index in [0.717, 1.165) is 0 Å². The topological polar surface area (TPSA) is 26.3 Å². The first-order valence-electron chi connectivity index (χ1n) is 4.15. The van der Waals surface area contributed by atoms with Gasteiger partial charge in [0.2, 0.25) is 5.67 Å². The Balaban J connectivity index is 2.40. The number of esters is 1. The Morgan fingerprint density at radius 3 is 2.54 bits per heavy atom. The number of hydrogen-bond acceptors (Lipinski definition) is 2. The average molecular weight is 180 g/mol. The van der Waals surface area contributed by atoms with Crippen molar-refractivity contribution in [2.45, 2.75) is 12.1 Å². The third kappa shape index (κ3) is 1.20. The first-order valence-corrected chi connectivity index (χ1v) is 4.15. The zero-order chi connectivity index (χ0) is 9.31. The van der Waals surface area contributed by atoms with E-state index in [4.69, 9.17) is 0 Å². The smallest absolute Gasteiger partial charge is 0.348 e. The van der Waals surface area contributed by atoms with Gasteiger partial charge in [0.05, 0.1) is 6.61 Å². The molecule has 0 spiro atoms. The van der Waals surface area contributed by atoms with Gasteiger partial charge >= 0.3 is 5.97 Å². The molecule has 1 fully saturated rings. The normalized spacial score (nSPS) is 27.3. The van der Waals surface area contributed by atoms with Gasteiger partial charge in [0, 0.05) is 12.0 Å². The molecule has 2 nitrogen and oxygen atoms in total. The number of ether oxygens (including phenoxy) is 1. The summed E-state index contributed by atoms with van der Waals surface area (Å²) < 4.78 is 18.6. The van der Waals surface area contributed by atoms with Crippen molar-refractivity contribution < 1.29 is 13.9 Å². The molecule has 1 aliphatic rings. The van der Waals surface area contributed by atoms with E-state index in [1.165, 1.54) is 0 Å². The number of alkyl halides is 1. The Kier molecular flexibility index (Phi) is 1.79. The van der Waals surface area contributed by atoms with E-state index in [1.54, 1.807) is 30.3 Å². The second-order valence-electron chi connectivity index (χ2n) is 3.05. The molecule has 1 aromatic carbocycles. The molecule has 1 aliphatic heterocycles. The van der Waals surface area contributed by atoms with Crippen molar-refractivity contribution in [3.63, 3.8) is 0 Å². The molecule has 0 aliphatic carbocycles. The summed E-state index contributed by atoms with van der Waals surface area (Å²) in [6.07, 6.45) is 0.121. The Hall–Kier alpha value is -1.38. The van der Waals surface area contributed by atoms with Crippen LogP contribution in [0.4, 0.5) is 4.39 Å². The lowest BCUT2D eigenvalue weighted by molar-refractivity contribution is -0.148. The standard InChI is InChI=1S/C10H9FO2/c11-10(6-7-13-9(10)12)8-4-2-1-3-5-8/h1-5H,6-7H2/t10-/m0/s1. The van der Waals surface area contributed by atoms with Crippen LogP contribution in [-0.2, 0) is 15.2 Å². The second kappa shape index (κ2) is 2.83. The summed E-state index contributed by atoms with van der Waals surface area (Å²) >= 11 is 0. The minimum Gasteiger partial charge on any atom is -0.463 e. The first-order chi connectivity index (χ1) is 6.23. The van der Waals surface area contributed by atoms with Gasteiger partial charge in [-0.1, -0.05) is 30.3 Å². The summed E-state index contributed by atoms with van der Waals surface area (Å²) in [7, 11) is 0. The fourth-order valence-electron chi connectivity index (χ4n) is 1.47. The lowest BCUT2D eigenvalue weighted by Crippen LogP contribution is -2.25. The molecule has 0 aromatic heterocycles.